The van der Waals surface area contributed by atoms with Crippen LogP contribution in [0.1, 0.15) is 32.8 Å². The molecule has 1 unspecified atom stereocenters. The maximum atomic E-state index is 12.2. The van der Waals surface area contributed by atoms with E-state index in [2.05, 4.69) is 24.3 Å². The number of nitrogens with one attached hydrogen (secondary N) is 1. The normalized spacial score (nSPS) is 13.2. The van der Waals surface area contributed by atoms with Crippen LogP contribution in [-0.4, -0.2) is 27.8 Å². The molecule has 1 aromatic carbocycles. The molecule has 1 aromatic heterocycles. The van der Waals surface area contributed by atoms with Gasteiger partial charge < -0.3 is 11.1 Å². The number of para-hydroxylation sites is 1. The fourth-order valence-electron chi connectivity index (χ4n) is 2.28. The first kappa shape index (κ1) is 20.2. The van der Waals surface area contributed by atoms with Crippen LogP contribution < -0.4 is 11.1 Å². The Bertz CT molecular complexity index is 641. The molecule has 6 heteroatoms. The monoisotopic (exact) mass is 350 g/mol. The maximum absolute atomic E-state index is 12.2. The van der Waals surface area contributed by atoms with E-state index in [4.69, 9.17) is 5.73 Å². The number of halogens is 1. The highest BCUT2D eigenvalue weighted by Crippen LogP contribution is 2.15. The minimum absolute atomic E-state index is 0. The summed E-state index contributed by atoms with van der Waals surface area (Å²) in [6, 6.07) is 9.92. The highest BCUT2D eigenvalue weighted by atomic mass is 35.5. The molecular formula is C18H27ClN4O. The average Bonchev–Trinajstić information content (AvgIpc) is 3.02. The van der Waals surface area contributed by atoms with E-state index in [9.17, 15) is 4.79 Å². The van der Waals surface area contributed by atoms with Gasteiger partial charge in [-0.2, -0.15) is 5.10 Å². The van der Waals surface area contributed by atoms with Crippen LogP contribution in [0.4, 0.5) is 0 Å². The van der Waals surface area contributed by atoms with Crippen LogP contribution in [-0.2, 0) is 11.2 Å². The number of rotatable bonds is 7. The minimum Gasteiger partial charge on any atom is -0.349 e. The molecule has 2 aromatic rings. The summed E-state index contributed by atoms with van der Waals surface area (Å²) in [6.45, 7) is 6.55. The topological polar surface area (TPSA) is 72.9 Å². The lowest BCUT2D eigenvalue weighted by Gasteiger charge is -2.33. The number of aryl methyl sites for hydroxylation is 1. The van der Waals surface area contributed by atoms with Crippen molar-refractivity contribution in [3.8, 4) is 5.69 Å². The molecule has 0 saturated carbocycles. The highest BCUT2D eigenvalue weighted by molar-refractivity contribution is 5.85. The van der Waals surface area contributed by atoms with Gasteiger partial charge in [-0.3, -0.25) is 4.79 Å². The number of nitrogens with zero attached hydrogens (tertiary/aromatic N) is 2. The van der Waals surface area contributed by atoms with Gasteiger partial charge in [-0.25, -0.2) is 4.68 Å². The van der Waals surface area contributed by atoms with Crippen molar-refractivity contribution in [3.05, 3.63) is 48.3 Å². The zero-order valence-electron chi connectivity index (χ0n) is 14.5. The van der Waals surface area contributed by atoms with Crippen LogP contribution in [0.3, 0.4) is 0 Å². The van der Waals surface area contributed by atoms with E-state index in [-0.39, 0.29) is 29.8 Å². The van der Waals surface area contributed by atoms with E-state index < -0.39 is 0 Å². The molecule has 24 heavy (non-hydrogen) atoms. The summed E-state index contributed by atoms with van der Waals surface area (Å²) >= 11 is 0. The standard InChI is InChI=1S/C18H26N4O.ClH/c1-14(2)18(3,13-19)21-17(23)10-9-15-11-20-22(12-15)16-7-5-4-6-8-16;/h4-8,11-12,14H,9-10,13,19H2,1-3H3,(H,21,23);1H. The lowest BCUT2D eigenvalue weighted by atomic mass is 9.88. The van der Waals surface area contributed by atoms with Crippen LogP contribution in [0.15, 0.2) is 42.7 Å². The van der Waals surface area contributed by atoms with Gasteiger partial charge in [-0.15, -0.1) is 12.4 Å². The van der Waals surface area contributed by atoms with E-state index in [1.807, 2.05) is 54.3 Å². The maximum Gasteiger partial charge on any atom is 0.220 e. The third-order valence-corrected chi connectivity index (χ3v) is 4.42. The zero-order valence-corrected chi connectivity index (χ0v) is 15.3. The molecular weight excluding hydrogens is 324 g/mol. The minimum atomic E-state index is -0.356. The van der Waals surface area contributed by atoms with Crippen LogP contribution in [0.2, 0.25) is 0 Å². The average molecular weight is 351 g/mol. The van der Waals surface area contributed by atoms with Gasteiger partial charge in [0.05, 0.1) is 17.4 Å². The van der Waals surface area contributed by atoms with Crippen molar-refractivity contribution in [2.75, 3.05) is 6.54 Å². The molecule has 1 heterocycles. The number of carbonyl (C=O) groups excluding carboxylic acids is 1. The Morgan fingerprint density at radius 1 is 1.33 bits per heavy atom. The Labute approximate surface area is 150 Å². The molecule has 1 amide bonds. The lowest BCUT2D eigenvalue weighted by Crippen LogP contribution is -2.55. The first-order valence-corrected chi connectivity index (χ1v) is 8.04. The second-order valence-corrected chi connectivity index (χ2v) is 6.45. The number of hydrogen-bond donors (Lipinski definition) is 2. The van der Waals surface area contributed by atoms with Gasteiger partial charge in [-0.05, 0) is 37.0 Å². The number of benzene rings is 1. The predicted molar refractivity (Wildman–Crippen MR) is 99.6 cm³/mol. The van der Waals surface area contributed by atoms with Gasteiger partial charge in [0.2, 0.25) is 5.91 Å². The number of nitrogens with two attached hydrogens (primary N) is 1. The Kier molecular flexibility index (Phi) is 7.45. The Morgan fingerprint density at radius 3 is 2.58 bits per heavy atom. The third-order valence-electron chi connectivity index (χ3n) is 4.42. The first-order chi connectivity index (χ1) is 10.9. The van der Waals surface area contributed by atoms with Gasteiger partial charge in [0.1, 0.15) is 0 Å². The summed E-state index contributed by atoms with van der Waals surface area (Å²) in [4.78, 5) is 12.2. The number of carbonyl (C=O) groups is 1. The summed E-state index contributed by atoms with van der Waals surface area (Å²) < 4.78 is 1.82. The molecule has 0 aliphatic carbocycles. The molecule has 132 valence electrons. The van der Waals surface area contributed by atoms with Crippen molar-refractivity contribution >= 4 is 18.3 Å². The van der Waals surface area contributed by atoms with Gasteiger partial charge in [0.25, 0.3) is 0 Å². The van der Waals surface area contributed by atoms with Gasteiger partial charge >= 0.3 is 0 Å². The van der Waals surface area contributed by atoms with Crippen molar-refractivity contribution in [1.29, 1.82) is 0 Å². The molecule has 5 nitrogen and oxygen atoms in total. The predicted octanol–water partition coefficient (Wildman–Crippen LogP) is 2.72. The smallest absolute Gasteiger partial charge is 0.220 e. The zero-order chi connectivity index (χ0) is 16.9. The summed E-state index contributed by atoms with van der Waals surface area (Å²) in [5, 5.41) is 7.41. The van der Waals surface area contributed by atoms with Crippen LogP contribution >= 0.6 is 12.4 Å². The molecule has 3 N–H and O–H groups in total. The molecule has 0 spiro atoms. The second kappa shape index (κ2) is 8.85. The Balaban J connectivity index is 0.00000288. The van der Waals surface area contributed by atoms with Crippen molar-refractivity contribution in [2.45, 2.75) is 39.2 Å². The first-order valence-electron chi connectivity index (χ1n) is 8.04. The molecule has 1 atom stereocenters. The van der Waals surface area contributed by atoms with Crippen molar-refractivity contribution in [2.24, 2.45) is 11.7 Å². The summed E-state index contributed by atoms with van der Waals surface area (Å²) in [7, 11) is 0. The van der Waals surface area contributed by atoms with E-state index in [1.165, 1.54) is 0 Å². The van der Waals surface area contributed by atoms with E-state index in [0.717, 1.165) is 11.3 Å². The molecule has 2 rings (SSSR count). The lowest BCUT2D eigenvalue weighted by molar-refractivity contribution is -0.123. The van der Waals surface area contributed by atoms with Crippen molar-refractivity contribution < 1.29 is 4.79 Å². The number of hydrogen-bond acceptors (Lipinski definition) is 3. The van der Waals surface area contributed by atoms with E-state index in [1.54, 1.807) is 0 Å². The summed E-state index contributed by atoms with van der Waals surface area (Å²) in [5.41, 5.74) is 7.50. The Morgan fingerprint density at radius 2 is 2.00 bits per heavy atom. The largest absolute Gasteiger partial charge is 0.349 e. The Hall–Kier alpha value is -1.85. The number of amides is 1. The molecule has 0 radical (unpaired) electrons. The van der Waals surface area contributed by atoms with Crippen molar-refractivity contribution in [3.63, 3.8) is 0 Å². The SMILES string of the molecule is CC(C)C(C)(CN)NC(=O)CCc1cnn(-c2ccccc2)c1.Cl. The molecule has 0 aliphatic heterocycles. The number of aromatic nitrogens is 2. The summed E-state index contributed by atoms with van der Waals surface area (Å²) in [5.74, 6) is 0.316. The quantitative estimate of drug-likeness (QED) is 0.806. The fraction of sp³-hybridized carbons (Fsp3) is 0.444. The molecule has 0 bridgehead atoms. The molecule has 0 saturated heterocycles. The molecule has 0 aliphatic rings. The van der Waals surface area contributed by atoms with E-state index >= 15 is 0 Å². The van der Waals surface area contributed by atoms with Gasteiger partial charge in [-0.1, -0.05) is 32.0 Å². The van der Waals surface area contributed by atoms with Crippen LogP contribution in [0.5, 0.6) is 0 Å². The van der Waals surface area contributed by atoms with Crippen LogP contribution in [0, 0.1) is 5.92 Å². The third kappa shape index (κ3) is 5.08. The van der Waals surface area contributed by atoms with Gasteiger partial charge in [0.15, 0.2) is 0 Å². The fourth-order valence-corrected chi connectivity index (χ4v) is 2.28. The van der Waals surface area contributed by atoms with Gasteiger partial charge in [0, 0.05) is 19.2 Å². The molecule has 0 fully saturated rings. The highest BCUT2D eigenvalue weighted by Gasteiger charge is 2.28. The van der Waals surface area contributed by atoms with Crippen LogP contribution in [0.25, 0.3) is 5.69 Å². The summed E-state index contributed by atoms with van der Waals surface area (Å²) in [6.07, 6.45) is 4.87. The van der Waals surface area contributed by atoms with E-state index in [0.29, 0.717) is 19.4 Å². The second-order valence-electron chi connectivity index (χ2n) is 6.45. The van der Waals surface area contributed by atoms with Crippen molar-refractivity contribution in [1.82, 2.24) is 15.1 Å².